The second-order valence-corrected chi connectivity index (χ2v) is 22.0. The summed E-state index contributed by atoms with van der Waals surface area (Å²) in [6.07, 6.45) is 91.1. The molecule has 0 bridgehead atoms. The third kappa shape index (κ3) is 64.8. The lowest BCUT2D eigenvalue weighted by Gasteiger charge is -2.18. The molecule has 0 spiro atoms. The van der Waals surface area contributed by atoms with Crippen LogP contribution in [0.15, 0.2) is 109 Å². The van der Waals surface area contributed by atoms with Crippen molar-refractivity contribution >= 4 is 17.9 Å². The van der Waals surface area contributed by atoms with Crippen LogP contribution in [0.25, 0.3) is 0 Å². The first-order valence-corrected chi connectivity index (χ1v) is 33.4. The Balaban J connectivity index is 4.21. The van der Waals surface area contributed by atoms with E-state index in [0.29, 0.717) is 19.3 Å². The summed E-state index contributed by atoms with van der Waals surface area (Å²) in [7, 11) is 0. The molecule has 0 amide bonds. The Kier molecular flexibility index (Phi) is 63.3. The van der Waals surface area contributed by atoms with E-state index in [1.165, 1.54) is 148 Å². The molecule has 452 valence electrons. The summed E-state index contributed by atoms with van der Waals surface area (Å²) in [5.41, 5.74) is 0. The van der Waals surface area contributed by atoms with Crippen LogP contribution in [0.3, 0.4) is 0 Å². The lowest BCUT2D eigenvalue weighted by molar-refractivity contribution is -0.167. The summed E-state index contributed by atoms with van der Waals surface area (Å²) < 4.78 is 16.9. The predicted molar refractivity (Wildman–Crippen MR) is 343 cm³/mol. The minimum absolute atomic E-state index is 0.0823. The summed E-state index contributed by atoms with van der Waals surface area (Å²) in [6, 6.07) is 0. The van der Waals surface area contributed by atoms with Gasteiger partial charge in [0.2, 0.25) is 0 Å². The van der Waals surface area contributed by atoms with Crippen molar-refractivity contribution in [2.75, 3.05) is 13.2 Å². The van der Waals surface area contributed by atoms with Gasteiger partial charge in [-0.3, -0.25) is 14.4 Å². The summed E-state index contributed by atoms with van der Waals surface area (Å²) in [6.45, 7) is 6.48. The fraction of sp³-hybridized carbons (Fsp3) is 0.712. The Hall–Kier alpha value is -3.93. The van der Waals surface area contributed by atoms with E-state index in [-0.39, 0.29) is 31.1 Å². The van der Waals surface area contributed by atoms with Crippen LogP contribution in [-0.4, -0.2) is 37.2 Å². The molecule has 1 atom stereocenters. The summed E-state index contributed by atoms with van der Waals surface area (Å²) in [4.78, 5) is 38.2. The smallest absolute Gasteiger partial charge is 0.306 e. The molecule has 0 saturated carbocycles. The molecule has 0 saturated heterocycles. The number of hydrogen-bond donors (Lipinski definition) is 0. The van der Waals surface area contributed by atoms with Crippen molar-refractivity contribution in [2.45, 2.75) is 322 Å². The van der Waals surface area contributed by atoms with Gasteiger partial charge in [0.15, 0.2) is 6.10 Å². The number of hydrogen-bond acceptors (Lipinski definition) is 6. The minimum atomic E-state index is -0.784. The Morgan fingerprint density at radius 3 is 0.835 bits per heavy atom. The molecular weight excluding hydrogens is 973 g/mol. The normalized spacial score (nSPS) is 12.8. The summed E-state index contributed by atoms with van der Waals surface area (Å²) in [5.74, 6) is -0.890. The van der Waals surface area contributed by atoms with Crippen LogP contribution in [0.5, 0.6) is 0 Å². The SMILES string of the molecule is CC/C=C\C/C=C\C/C=C\C/C=C\C/C=C\C/C=C\C/C=C\C/C=C\CCCCCCCCCCC(=O)OCC(COC(=O)CCCCCCC/C=C\CCC)OC(=O)CCCCCCCCCCCCCCCCCCCC. The first kappa shape index (κ1) is 75.1. The summed E-state index contributed by atoms with van der Waals surface area (Å²) >= 11 is 0. The standard InChI is InChI=1S/C73H124O6/c1-4-7-10-13-16-19-22-24-26-28-30-31-32-33-34-35-36-37-38-39-40-41-42-43-44-46-47-49-51-54-57-60-63-66-72(75)78-69-70(68-77-71(74)65-62-59-56-53-21-18-15-12-9-6-3)79-73(76)67-64-61-58-55-52-50-48-45-29-27-25-23-20-17-14-11-8-5-2/h7,10,12,15-16,19,24,26,30-31,33-34,36-37,39-40,42-43,70H,4-6,8-9,11,13-14,17-18,20-23,25,27-29,32,35,38,41,44-69H2,1-3H3/b10-7-,15-12-,19-16-,26-24-,31-30-,34-33-,37-36-,40-39-,43-42-. The number of esters is 3. The predicted octanol–water partition coefficient (Wildman–Crippen LogP) is 23.0. The molecule has 1 unspecified atom stereocenters. The Bertz CT molecular complexity index is 1590. The number of unbranched alkanes of at least 4 members (excludes halogenated alkanes) is 31. The number of carbonyl (C=O) groups is 3. The van der Waals surface area contributed by atoms with Crippen LogP contribution < -0.4 is 0 Å². The highest BCUT2D eigenvalue weighted by Crippen LogP contribution is 2.17. The number of ether oxygens (including phenoxy) is 3. The molecule has 0 rings (SSSR count). The van der Waals surface area contributed by atoms with E-state index in [4.69, 9.17) is 14.2 Å². The molecule has 0 aliphatic carbocycles. The molecule has 0 N–H and O–H groups in total. The zero-order valence-electron chi connectivity index (χ0n) is 51.9. The van der Waals surface area contributed by atoms with E-state index in [1.54, 1.807) is 0 Å². The Morgan fingerprint density at radius 1 is 0.266 bits per heavy atom. The van der Waals surface area contributed by atoms with E-state index in [2.05, 4.69) is 130 Å². The number of allylic oxidation sites excluding steroid dienone is 18. The fourth-order valence-electron chi connectivity index (χ4n) is 9.29. The van der Waals surface area contributed by atoms with Gasteiger partial charge in [-0.2, -0.15) is 0 Å². The topological polar surface area (TPSA) is 78.9 Å². The maximum absolute atomic E-state index is 12.9. The monoisotopic (exact) mass is 1100 g/mol. The molecule has 6 heteroatoms. The van der Waals surface area contributed by atoms with Crippen LogP contribution in [0.4, 0.5) is 0 Å². The quantitative estimate of drug-likeness (QED) is 0.0261. The first-order chi connectivity index (χ1) is 39.0. The molecular formula is C73H124O6. The molecule has 0 aromatic rings. The largest absolute Gasteiger partial charge is 0.462 e. The third-order valence-electron chi connectivity index (χ3n) is 14.2. The average Bonchev–Trinajstić information content (AvgIpc) is 3.45. The van der Waals surface area contributed by atoms with Crippen molar-refractivity contribution in [3.8, 4) is 0 Å². The highest BCUT2D eigenvalue weighted by molar-refractivity contribution is 5.71. The maximum Gasteiger partial charge on any atom is 0.306 e. The fourth-order valence-corrected chi connectivity index (χ4v) is 9.29. The molecule has 0 radical (unpaired) electrons. The van der Waals surface area contributed by atoms with Crippen molar-refractivity contribution in [3.63, 3.8) is 0 Å². The Morgan fingerprint density at radius 2 is 0.519 bits per heavy atom. The lowest BCUT2D eigenvalue weighted by Crippen LogP contribution is -2.30. The second-order valence-electron chi connectivity index (χ2n) is 22.0. The van der Waals surface area contributed by atoms with Gasteiger partial charge in [-0.1, -0.05) is 304 Å². The molecule has 0 aliphatic heterocycles. The van der Waals surface area contributed by atoms with Crippen molar-refractivity contribution in [1.29, 1.82) is 0 Å². The maximum atomic E-state index is 12.9. The van der Waals surface area contributed by atoms with Crippen LogP contribution in [0, 0.1) is 0 Å². The molecule has 0 aliphatic rings. The zero-order chi connectivity index (χ0) is 57.1. The van der Waals surface area contributed by atoms with Gasteiger partial charge in [0, 0.05) is 19.3 Å². The van der Waals surface area contributed by atoms with Gasteiger partial charge < -0.3 is 14.2 Å². The van der Waals surface area contributed by atoms with Crippen molar-refractivity contribution in [2.24, 2.45) is 0 Å². The Labute approximate surface area is 489 Å². The van der Waals surface area contributed by atoms with Gasteiger partial charge in [-0.25, -0.2) is 0 Å². The van der Waals surface area contributed by atoms with Crippen LogP contribution >= 0.6 is 0 Å². The van der Waals surface area contributed by atoms with Crippen LogP contribution in [0.2, 0.25) is 0 Å². The van der Waals surface area contributed by atoms with Crippen molar-refractivity contribution in [3.05, 3.63) is 109 Å². The third-order valence-corrected chi connectivity index (χ3v) is 14.2. The van der Waals surface area contributed by atoms with Gasteiger partial charge in [0.25, 0.3) is 0 Å². The van der Waals surface area contributed by atoms with Crippen molar-refractivity contribution in [1.82, 2.24) is 0 Å². The molecule has 0 aromatic carbocycles. The lowest BCUT2D eigenvalue weighted by atomic mass is 10.0. The van der Waals surface area contributed by atoms with Crippen molar-refractivity contribution < 1.29 is 28.6 Å². The van der Waals surface area contributed by atoms with Gasteiger partial charge in [0.1, 0.15) is 13.2 Å². The van der Waals surface area contributed by atoms with E-state index in [1.807, 2.05) is 0 Å². The van der Waals surface area contributed by atoms with Gasteiger partial charge in [-0.05, 0) is 103 Å². The van der Waals surface area contributed by atoms with E-state index in [0.717, 1.165) is 128 Å². The van der Waals surface area contributed by atoms with Crippen LogP contribution in [0.1, 0.15) is 316 Å². The molecule has 0 aromatic heterocycles. The number of rotatable bonds is 60. The molecule has 0 heterocycles. The zero-order valence-corrected chi connectivity index (χ0v) is 51.9. The highest BCUT2D eigenvalue weighted by Gasteiger charge is 2.19. The average molecular weight is 1100 g/mol. The van der Waals surface area contributed by atoms with Gasteiger partial charge >= 0.3 is 17.9 Å². The molecule has 79 heavy (non-hydrogen) atoms. The molecule has 6 nitrogen and oxygen atoms in total. The number of carbonyl (C=O) groups excluding carboxylic acids is 3. The van der Waals surface area contributed by atoms with Gasteiger partial charge in [0.05, 0.1) is 0 Å². The van der Waals surface area contributed by atoms with E-state index in [9.17, 15) is 14.4 Å². The molecule has 0 fully saturated rings. The first-order valence-electron chi connectivity index (χ1n) is 33.4. The van der Waals surface area contributed by atoms with E-state index < -0.39 is 6.10 Å². The van der Waals surface area contributed by atoms with Gasteiger partial charge in [-0.15, -0.1) is 0 Å². The van der Waals surface area contributed by atoms with E-state index >= 15 is 0 Å². The van der Waals surface area contributed by atoms with Crippen LogP contribution in [-0.2, 0) is 28.6 Å². The summed E-state index contributed by atoms with van der Waals surface area (Å²) in [5, 5.41) is 0. The second kappa shape index (κ2) is 66.6. The highest BCUT2D eigenvalue weighted by atomic mass is 16.6. The minimum Gasteiger partial charge on any atom is -0.462 e.